The van der Waals surface area contributed by atoms with Crippen LogP contribution in [0.2, 0.25) is 0 Å². The minimum absolute atomic E-state index is 0.856. The van der Waals surface area contributed by atoms with Crippen LogP contribution in [0.4, 0.5) is 0 Å². The lowest BCUT2D eigenvalue weighted by Crippen LogP contribution is -1.95. The SMILES string of the molecule is c1cc2cc(C3CC4CCCC4C3)ccc2s1. The third-order valence-corrected chi connectivity index (χ3v) is 5.84. The third-order valence-electron chi connectivity index (χ3n) is 4.94. The van der Waals surface area contributed by atoms with Crippen molar-refractivity contribution in [1.29, 1.82) is 0 Å². The molecule has 17 heavy (non-hydrogen) atoms. The Kier molecular flexibility index (Phi) is 2.29. The van der Waals surface area contributed by atoms with E-state index in [0.29, 0.717) is 0 Å². The van der Waals surface area contributed by atoms with Crippen molar-refractivity contribution in [2.75, 3.05) is 0 Å². The van der Waals surface area contributed by atoms with Crippen LogP contribution in [0.15, 0.2) is 29.6 Å². The van der Waals surface area contributed by atoms with E-state index in [4.69, 9.17) is 0 Å². The molecule has 1 heteroatoms. The average Bonchev–Trinajstić information content (AvgIpc) is 3.02. The molecule has 2 unspecified atom stereocenters. The van der Waals surface area contributed by atoms with Gasteiger partial charge < -0.3 is 0 Å². The summed E-state index contributed by atoms with van der Waals surface area (Å²) in [6.45, 7) is 0. The van der Waals surface area contributed by atoms with E-state index in [9.17, 15) is 0 Å². The fraction of sp³-hybridized carbons (Fsp3) is 0.500. The topological polar surface area (TPSA) is 0 Å². The Balaban J connectivity index is 1.66. The molecule has 0 bridgehead atoms. The number of rotatable bonds is 1. The summed E-state index contributed by atoms with van der Waals surface area (Å²) in [7, 11) is 0. The van der Waals surface area contributed by atoms with Gasteiger partial charge in [0.25, 0.3) is 0 Å². The first-order valence-electron chi connectivity index (χ1n) is 6.87. The molecule has 0 N–H and O–H groups in total. The van der Waals surface area contributed by atoms with Gasteiger partial charge in [-0.25, -0.2) is 0 Å². The minimum atomic E-state index is 0.856. The van der Waals surface area contributed by atoms with Crippen LogP contribution in [0.3, 0.4) is 0 Å². The van der Waals surface area contributed by atoms with Crippen molar-refractivity contribution < 1.29 is 0 Å². The molecule has 0 spiro atoms. The van der Waals surface area contributed by atoms with Crippen LogP contribution in [-0.4, -0.2) is 0 Å². The molecule has 0 aliphatic heterocycles. The van der Waals surface area contributed by atoms with Gasteiger partial charge in [0.05, 0.1) is 0 Å². The van der Waals surface area contributed by atoms with Crippen LogP contribution in [-0.2, 0) is 0 Å². The average molecular weight is 242 g/mol. The second-order valence-corrected chi connectivity index (χ2v) is 6.78. The highest BCUT2D eigenvalue weighted by atomic mass is 32.1. The molecule has 2 saturated carbocycles. The number of hydrogen-bond donors (Lipinski definition) is 0. The Morgan fingerprint density at radius 2 is 1.82 bits per heavy atom. The zero-order chi connectivity index (χ0) is 11.2. The maximum atomic E-state index is 2.44. The van der Waals surface area contributed by atoms with Crippen molar-refractivity contribution in [3.05, 3.63) is 35.2 Å². The number of thiophene rings is 1. The Morgan fingerprint density at radius 3 is 2.65 bits per heavy atom. The highest BCUT2D eigenvalue weighted by Gasteiger charge is 2.37. The normalized spacial score (nSPS) is 32.1. The molecule has 0 radical (unpaired) electrons. The summed E-state index contributed by atoms with van der Waals surface area (Å²) < 4.78 is 1.44. The van der Waals surface area contributed by atoms with Crippen molar-refractivity contribution in [3.8, 4) is 0 Å². The summed E-state index contributed by atoms with van der Waals surface area (Å²) in [5.41, 5.74) is 1.60. The second kappa shape index (κ2) is 3.84. The molecule has 1 aromatic heterocycles. The molecule has 1 aromatic carbocycles. The van der Waals surface area contributed by atoms with Gasteiger partial charge in [0.1, 0.15) is 0 Å². The van der Waals surface area contributed by atoms with Crippen LogP contribution in [0.5, 0.6) is 0 Å². The fourth-order valence-corrected chi connectivity index (χ4v) is 4.84. The lowest BCUT2D eigenvalue weighted by atomic mass is 9.94. The highest BCUT2D eigenvalue weighted by Crippen LogP contribution is 2.50. The van der Waals surface area contributed by atoms with Crippen molar-refractivity contribution in [2.45, 2.75) is 38.0 Å². The van der Waals surface area contributed by atoms with E-state index < -0.39 is 0 Å². The van der Waals surface area contributed by atoms with Gasteiger partial charge in [0.2, 0.25) is 0 Å². The molecule has 0 amide bonds. The van der Waals surface area contributed by atoms with Crippen LogP contribution < -0.4 is 0 Å². The molecule has 0 saturated heterocycles. The van der Waals surface area contributed by atoms with E-state index in [1.54, 1.807) is 5.56 Å². The maximum absolute atomic E-state index is 2.44. The molecule has 2 atom stereocenters. The van der Waals surface area contributed by atoms with Gasteiger partial charge in [-0.05, 0) is 59.1 Å². The van der Waals surface area contributed by atoms with E-state index in [2.05, 4.69) is 29.6 Å². The zero-order valence-electron chi connectivity index (χ0n) is 10.1. The van der Waals surface area contributed by atoms with Crippen molar-refractivity contribution >= 4 is 21.4 Å². The summed E-state index contributed by atoms with van der Waals surface area (Å²) in [5, 5.41) is 3.65. The molecule has 0 nitrogen and oxygen atoms in total. The van der Waals surface area contributed by atoms with E-state index in [0.717, 1.165) is 17.8 Å². The summed E-state index contributed by atoms with van der Waals surface area (Å²) in [4.78, 5) is 0. The van der Waals surface area contributed by atoms with Crippen LogP contribution in [0.1, 0.15) is 43.6 Å². The molecule has 88 valence electrons. The van der Waals surface area contributed by atoms with Crippen LogP contribution in [0, 0.1) is 11.8 Å². The van der Waals surface area contributed by atoms with E-state index >= 15 is 0 Å². The highest BCUT2D eigenvalue weighted by molar-refractivity contribution is 7.17. The zero-order valence-corrected chi connectivity index (χ0v) is 10.9. The largest absolute Gasteiger partial charge is 0.144 e. The van der Waals surface area contributed by atoms with E-state index in [1.807, 2.05) is 11.3 Å². The summed E-state index contributed by atoms with van der Waals surface area (Å²) >= 11 is 1.86. The second-order valence-electron chi connectivity index (χ2n) is 5.84. The number of benzene rings is 1. The maximum Gasteiger partial charge on any atom is 0.0342 e. The third kappa shape index (κ3) is 1.63. The van der Waals surface area contributed by atoms with Gasteiger partial charge in [-0.3, -0.25) is 0 Å². The summed E-state index contributed by atoms with van der Waals surface area (Å²) in [6, 6.07) is 9.41. The number of hydrogen-bond acceptors (Lipinski definition) is 1. The van der Waals surface area contributed by atoms with Gasteiger partial charge in [-0.2, -0.15) is 0 Å². The first-order chi connectivity index (χ1) is 8.40. The number of fused-ring (bicyclic) bond motifs is 2. The van der Waals surface area contributed by atoms with Crippen LogP contribution in [0.25, 0.3) is 10.1 Å². The summed E-state index contributed by atoms with van der Waals surface area (Å²) in [6.07, 6.45) is 7.41. The first kappa shape index (κ1) is 10.1. The smallest absolute Gasteiger partial charge is 0.0342 e. The molecule has 2 aliphatic rings. The lowest BCUT2D eigenvalue weighted by molar-refractivity contribution is 0.457. The first-order valence-corrected chi connectivity index (χ1v) is 7.75. The Bertz CT molecular complexity index is 527. The predicted molar refractivity (Wildman–Crippen MR) is 74.6 cm³/mol. The van der Waals surface area contributed by atoms with Crippen molar-refractivity contribution in [2.24, 2.45) is 11.8 Å². The standard InChI is InChI=1S/C16H18S/c1-2-11-9-15(10-12(11)3-1)13-4-5-16-14(8-13)6-7-17-16/h4-8,11-12,15H,1-3,9-10H2. The fourth-order valence-electron chi connectivity index (χ4n) is 4.07. The van der Waals surface area contributed by atoms with Gasteiger partial charge in [0, 0.05) is 4.70 Å². The van der Waals surface area contributed by atoms with Crippen molar-refractivity contribution in [3.63, 3.8) is 0 Å². The quantitative estimate of drug-likeness (QED) is 0.645. The molecule has 2 fully saturated rings. The Labute approximate surface area is 107 Å². The van der Waals surface area contributed by atoms with Gasteiger partial charge in [0.15, 0.2) is 0 Å². The van der Waals surface area contributed by atoms with Crippen molar-refractivity contribution in [1.82, 2.24) is 0 Å². The van der Waals surface area contributed by atoms with Crippen LogP contribution >= 0.6 is 11.3 Å². The molecular formula is C16H18S. The Hall–Kier alpha value is -0.820. The van der Waals surface area contributed by atoms with Gasteiger partial charge in [-0.1, -0.05) is 31.4 Å². The molecule has 2 aromatic rings. The van der Waals surface area contributed by atoms with Gasteiger partial charge >= 0.3 is 0 Å². The Morgan fingerprint density at radius 1 is 1.00 bits per heavy atom. The molecule has 4 rings (SSSR count). The monoisotopic (exact) mass is 242 g/mol. The predicted octanol–water partition coefficient (Wildman–Crippen LogP) is 5.20. The summed E-state index contributed by atoms with van der Waals surface area (Å²) in [5.74, 6) is 2.96. The molecular weight excluding hydrogens is 224 g/mol. The van der Waals surface area contributed by atoms with Gasteiger partial charge in [-0.15, -0.1) is 11.3 Å². The minimum Gasteiger partial charge on any atom is -0.144 e. The van der Waals surface area contributed by atoms with E-state index in [-0.39, 0.29) is 0 Å². The van der Waals surface area contributed by atoms with E-state index in [1.165, 1.54) is 42.2 Å². The lowest BCUT2D eigenvalue weighted by Gasteiger charge is -2.11. The molecule has 1 heterocycles. The molecule has 2 aliphatic carbocycles.